The molecule has 190 valence electrons. The van der Waals surface area contributed by atoms with E-state index >= 15 is 0 Å². The molecule has 1 aliphatic heterocycles. The van der Waals surface area contributed by atoms with Crippen LogP contribution in [0.4, 0.5) is 0 Å². The van der Waals surface area contributed by atoms with Crippen molar-refractivity contribution in [3.05, 3.63) is 35.4 Å². The topological polar surface area (TPSA) is 127 Å². The van der Waals surface area contributed by atoms with E-state index in [-0.39, 0.29) is 36.9 Å². The van der Waals surface area contributed by atoms with Gasteiger partial charge in [-0.2, -0.15) is 0 Å². The molecule has 1 unspecified atom stereocenters. The van der Waals surface area contributed by atoms with Gasteiger partial charge < -0.3 is 33.5 Å². The fourth-order valence-electron chi connectivity index (χ4n) is 2.80. The molecule has 1 saturated heterocycles. The highest BCUT2D eigenvalue weighted by atomic mass is 32.2. The summed E-state index contributed by atoms with van der Waals surface area (Å²) in [5.74, 6) is 3.60. The molecule has 0 spiro atoms. The number of sulfone groups is 1. The third kappa shape index (κ3) is 12.4. The molecule has 0 amide bonds. The van der Waals surface area contributed by atoms with Crippen molar-refractivity contribution in [1.82, 2.24) is 0 Å². The molecule has 1 N–H and O–H groups in total. The first-order chi connectivity index (χ1) is 16.5. The Hall–Kier alpha value is -2.04. The Bertz CT molecular complexity index is 857. The van der Waals surface area contributed by atoms with Gasteiger partial charge in [-0.1, -0.05) is 24.0 Å². The quantitative estimate of drug-likeness (QED) is 0.428. The van der Waals surface area contributed by atoms with Crippen LogP contribution in [0.3, 0.4) is 0 Å². The number of aliphatic hydroxyl groups is 1. The van der Waals surface area contributed by atoms with E-state index in [0.717, 1.165) is 0 Å². The number of carbonyl (C=O) groups is 1. The first kappa shape index (κ1) is 28.2. The van der Waals surface area contributed by atoms with Crippen LogP contribution in [0.15, 0.2) is 24.3 Å². The molecule has 0 saturated carbocycles. The lowest BCUT2D eigenvalue weighted by molar-refractivity contribution is -0.0689. The van der Waals surface area contributed by atoms with Gasteiger partial charge in [-0.15, -0.1) is 0 Å². The molecule has 1 aromatic carbocycles. The average molecular weight is 501 g/mol. The van der Waals surface area contributed by atoms with E-state index in [0.29, 0.717) is 58.4 Å². The number of hydrogen-bond acceptors (Lipinski definition) is 10. The van der Waals surface area contributed by atoms with Crippen LogP contribution in [0.1, 0.15) is 15.9 Å². The number of benzene rings is 1. The molecule has 11 heteroatoms. The summed E-state index contributed by atoms with van der Waals surface area (Å²) >= 11 is 0. The van der Waals surface area contributed by atoms with Crippen molar-refractivity contribution >= 4 is 15.8 Å². The second kappa shape index (κ2) is 16.6. The minimum Gasteiger partial charge on any atom is -0.459 e. The van der Waals surface area contributed by atoms with Crippen LogP contribution in [0.25, 0.3) is 0 Å². The molecule has 1 fully saturated rings. The highest BCUT2D eigenvalue weighted by molar-refractivity contribution is 7.90. The monoisotopic (exact) mass is 500 g/mol. The van der Waals surface area contributed by atoms with E-state index < -0.39 is 21.9 Å². The molecule has 10 nitrogen and oxygen atoms in total. The van der Waals surface area contributed by atoms with Crippen LogP contribution in [0, 0.1) is 11.8 Å². The largest absolute Gasteiger partial charge is 0.459 e. The van der Waals surface area contributed by atoms with Gasteiger partial charge in [-0.25, -0.2) is 13.2 Å². The number of rotatable bonds is 6. The van der Waals surface area contributed by atoms with Gasteiger partial charge in [0, 0.05) is 0 Å². The number of esters is 1. The molecule has 0 bridgehead atoms. The number of carbonyl (C=O) groups excluding carboxylic acids is 1. The maximum absolute atomic E-state index is 12.4. The van der Waals surface area contributed by atoms with Gasteiger partial charge in [0.2, 0.25) is 0 Å². The molecule has 2 rings (SSSR count). The summed E-state index contributed by atoms with van der Waals surface area (Å²) in [4.78, 5) is 12.4. The van der Waals surface area contributed by atoms with Crippen molar-refractivity contribution in [3.8, 4) is 11.8 Å². The van der Waals surface area contributed by atoms with Crippen LogP contribution in [0.2, 0.25) is 0 Å². The number of aliphatic hydroxyl groups excluding tert-OH is 1. The Morgan fingerprint density at radius 1 is 0.912 bits per heavy atom. The summed E-state index contributed by atoms with van der Waals surface area (Å²) in [6.07, 6.45) is -0.474. The second-order valence-electron chi connectivity index (χ2n) is 7.24. The molecule has 1 aliphatic rings. The van der Waals surface area contributed by atoms with Crippen LogP contribution >= 0.6 is 0 Å². The highest BCUT2D eigenvalue weighted by Gasteiger charge is 2.16. The zero-order chi connectivity index (χ0) is 24.5. The van der Waals surface area contributed by atoms with Crippen LogP contribution in [-0.4, -0.2) is 104 Å². The van der Waals surface area contributed by atoms with Crippen LogP contribution < -0.4 is 0 Å². The van der Waals surface area contributed by atoms with Gasteiger partial charge in [0.15, 0.2) is 9.84 Å². The molecular formula is C23H32O10S. The summed E-state index contributed by atoms with van der Waals surface area (Å²) in [5.41, 5.74) is 0.810. The Morgan fingerprint density at radius 2 is 1.50 bits per heavy atom. The zero-order valence-corrected chi connectivity index (χ0v) is 19.9. The van der Waals surface area contributed by atoms with E-state index in [1.807, 2.05) is 0 Å². The fraction of sp³-hybridized carbons (Fsp3) is 0.609. The van der Waals surface area contributed by atoms with E-state index in [9.17, 15) is 13.2 Å². The summed E-state index contributed by atoms with van der Waals surface area (Å²) in [5, 5.41) is 8.62. The lowest BCUT2D eigenvalue weighted by Gasteiger charge is -2.18. The smallest absolute Gasteiger partial charge is 0.338 e. The minimum atomic E-state index is -3.45. The summed E-state index contributed by atoms with van der Waals surface area (Å²) in [6.45, 7) is 3.21. The minimum absolute atomic E-state index is 0.0114. The van der Waals surface area contributed by atoms with Crippen molar-refractivity contribution in [3.63, 3.8) is 0 Å². The highest BCUT2D eigenvalue weighted by Crippen LogP contribution is 2.11. The average Bonchev–Trinajstić information content (AvgIpc) is 2.82. The SMILES string of the molecule is O=C(OCC1COCCOCCOCCOCCO1)c1ccc(CS(=O)(=O)CC#CCO)cc1. The second-order valence-corrected chi connectivity index (χ2v) is 9.31. The molecule has 1 heterocycles. The lowest BCUT2D eigenvalue weighted by Crippen LogP contribution is -2.29. The summed E-state index contributed by atoms with van der Waals surface area (Å²) in [7, 11) is -3.45. The number of ether oxygens (including phenoxy) is 6. The standard InChI is InChI=1S/C23H32O10S/c24-7-1-2-16-34(26,27)19-20-3-5-21(6-4-20)23(25)33-18-22-17-31-13-12-29-9-8-28-10-11-30-14-15-32-22/h3-6,22,24H,7-19H2. The summed E-state index contributed by atoms with van der Waals surface area (Å²) < 4.78 is 56.9. The Kier molecular flexibility index (Phi) is 13.7. The van der Waals surface area contributed by atoms with Gasteiger partial charge in [0.1, 0.15) is 25.1 Å². The van der Waals surface area contributed by atoms with Crippen molar-refractivity contribution in [2.75, 3.05) is 78.4 Å². The van der Waals surface area contributed by atoms with Gasteiger partial charge in [0.25, 0.3) is 0 Å². The normalized spacial score (nSPS) is 19.1. The lowest BCUT2D eigenvalue weighted by atomic mass is 10.1. The molecule has 0 aromatic heterocycles. The Balaban J connectivity index is 1.83. The van der Waals surface area contributed by atoms with E-state index in [4.69, 9.17) is 33.5 Å². The fourth-order valence-corrected chi connectivity index (χ4v) is 3.93. The predicted molar refractivity (Wildman–Crippen MR) is 122 cm³/mol. The Labute approximate surface area is 200 Å². The molecule has 34 heavy (non-hydrogen) atoms. The van der Waals surface area contributed by atoms with E-state index in [1.165, 1.54) is 12.1 Å². The van der Waals surface area contributed by atoms with Crippen molar-refractivity contribution in [2.45, 2.75) is 11.9 Å². The first-order valence-electron chi connectivity index (χ1n) is 11.0. The van der Waals surface area contributed by atoms with Gasteiger partial charge >= 0.3 is 5.97 Å². The molecular weight excluding hydrogens is 468 g/mol. The van der Waals surface area contributed by atoms with Crippen LogP contribution in [-0.2, 0) is 44.0 Å². The molecule has 1 atom stereocenters. The Morgan fingerprint density at radius 3 is 2.12 bits per heavy atom. The van der Waals surface area contributed by atoms with E-state index in [2.05, 4.69) is 11.8 Å². The van der Waals surface area contributed by atoms with Gasteiger partial charge in [-0.3, -0.25) is 0 Å². The number of hydrogen-bond donors (Lipinski definition) is 1. The zero-order valence-electron chi connectivity index (χ0n) is 19.1. The molecule has 0 aliphatic carbocycles. The van der Waals surface area contributed by atoms with Gasteiger partial charge in [0.05, 0.1) is 70.8 Å². The predicted octanol–water partition coefficient (Wildman–Crippen LogP) is 0.219. The maximum Gasteiger partial charge on any atom is 0.338 e. The first-order valence-corrected chi connectivity index (χ1v) is 12.8. The summed E-state index contributed by atoms with van der Waals surface area (Å²) in [6, 6.07) is 6.12. The van der Waals surface area contributed by atoms with Crippen molar-refractivity contribution in [1.29, 1.82) is 0 Å². The van der Waals surface area contributed by atoms with Crippen molar-refractivity contribution in [2.24, 2.45) is 0 Å². The van der Waals surface area contributed by atoms with Gasteiger partial charge in [-0.05, 0) is 17.7 Å². The third-order valence-electron chi connectivity index (χ3n) is 4.47. The maximum atomic E-state index is 12.4. The molecule has 0 radical (unpaired) electrons. The van der Waals surface area contributed by atoms with Crippen molar-refractivity contribution < 1.29 is 46.7 Å². The van der Waals surface area contributed by atoms with Crippen LogP contribution in [0.5, 0.6) is 0 Å². The molecule has 1 aromatic rings. The van der Waals surface area contributed by atoms with E-state index in [1.54, 1.807) is 12.1 Å². The third-order valence-corrected chi connectivity index (χ3v) is 5.83.